The number of ether oxygens (including phenoxy) is 1. The van der Waals surface area contributed by atoms with Crippen LogP contribution in [-0.4, -0.2) is 34.0 Å². The molecule has 30 heavy (non-hydrogen) atoms. The molecule has 0 aliphatic carbocycles. The number of aromatic nitrogens is 2. The predicted octanol–water partition coefficient (Wildman–Crippen LogP) is 5.79. The highest BCUT2D eigenvalue weighted by molar-refractivity contribution is 8.00. The van der Waals surface area contributed by atoms with Crippen LogP contribution in [0.5, 0.6) is 5.75 Å². The van der Waals surface area contributed by atoms with Crippen molar-refractivity contribution in [1.29, 1.82) is 0 Å². The topological polar surface area (TPSA) is 50.3 Å². The summed E-state index contributed by atoms with van der Waals surface area (Å²) >= 11 is 2.45. The molecule has 2 aromatic carbocycles. The lowest BCUT2D eigenvalue weighted by Gasteiger charge is -2.38. The molecule has 1 N–H and O–H groups in total. The van der Waals surface area contributed by atoms with Crippen LogP contribution in [0.4, 0.5) is 9.52 Å². The summed E-state index contributed by atoms with van der Waals surface area (Å²) in [6.45, 7) is 2.88. The van der Waals surface area contributed by atoms with Gasteiger partial charge in [0, 0.05) is 29.6 Å². The molecule has 1 unspecified atom stereocenters. The molecule has 5 nitrogen and oxygen atoms in total. The standard InChI is InChI=1S/C16H19FN4OS2.C6H6/c17-12-8-11-13(21-5-2-1-3-6-21)4-7-22-14(11)9-15(12)23-20-16-18-10-19-24-16;1-2-4-6-5-3-1/h8-10,13H,1-7H2,(H,18,19,20);1-6H. The molecule has 1 fully saturated rings. The molecule has 1 aromatic heterocycles. The van der Waals surface area contributed by atoms with Crippen LogP contribution in [0.3, 0.4) is 0 Å². The van der Waals surface area contributed by atoms with Gasteiger partial charge in [-0.15, -0.1) is 0 Å². The van der Waals surface area contributed by atoms with Gasteiger partial charge in [-0.1, -0.05) is 42.8 Å². The second kappa shape index (κ2) is 10.7. The van der Waals surface area contributed by atoms with Gasteiger partial charge in [0.05, 0.1) is 11.5 Å². The Kier molecular flexibility index (Phi) is 7.55. The largest absolute Gasteiger partial charge is 0.493 e. The van der Waals surface area contributed by atoms with Gasteiger partial charge < -0.3 is 9.46 Å². The van der Waals surface area contributed by atoms with Crippen LogP contribution in [0, 0.1) is 5.82 Å². The van der Waals surface area contributed by atoms with Gasteiger partial charge in [-0.25, -0.2) is 9.37 Å². The van der Waals surface area contributed by atoms with Gasteiger partial charge in [-0.2, -0.15) is 4.37 Å². The summed E-state index contributed by atoms with van der Waals surface area (Å²) in [5, 5.41) is 0.657. The highest BCUT2D eigenvalue weighted by Crippen LogP contribution is 2.40. The summed E-state index contributed by atoms with van der Waals surface area (Å²) in [6.07, 6.45) is 6.17. The molecule has 2 aliphatic rings. The lowest BCUT2D eigenvalue weighted by atomic mass is 9.96. The van der Waals surface area contributed by atoms with Crippen molar-refractivity contribution in [3.8, 4) is 5.75 Å². The van der Waals surface area contributed by atoms with Crippen molar-refractivity contribution >= 4 is 28.6 Å². The van der Waals surface area contributed by atoms with Gasteiger partial charge in [-0.3, -0.25) is 4.90 Å². The predicted molar refractivity (Wildman–Crippen MR) is 121 cm³/mol. The Labute approximate surface area is 185 Å². The van der Waals surface area contributed by atoms with E-state index in [1.165, 1.54) is 49.1 Å². The molecule has 1 atom stereocenters. The maximum Gasteiger partial charge on any atom is 0.212 e. The van der Waals surface area contributed by atoms with Crippen molar-refractivity contribution in [3.63, 3.8) is 0 Å². The van der Waals surface area contributed by atoms with E-state index in [1.807, 2.05) is 36.4 Å². The number of nitrogens with zero attached hydrogens (tertiary/aromatic N) is 3. The number of fused-ring (bicyclic) bond motifs is 1. The SMILES string of the molecule is Fc1cc2c(cc1SNc1ncns1)OCCC2N1CCCCC1.c1ccccc1. The molecule has 5 rings (SSSR count). The maximum atomic E-state index is 14.6. The third-order valence-electron chi connectivity index (χ3n) is 5.18. The van der Waals surface area contributed by atoms with E-state index in [4.69, 9.17) is 4.74 Å². The van der Waals surface area contributed by atoms with Gasteiger partial charge in [0.2, 0.25) is 5.13 Å². The number of benzene rings is 2. The van der Waals surface area contributed by atoms with Crippen molar-refractivity contribution in [2.24, 2.45) is 0 Å². The van der Waals surface area contributed by atoms with Crippen molar-refractivity contribution in [1.82, 2.24) is 14.3 Å². The fourth-order valence-electron chi connectivity index (χ4n) is 3.76. The average Bonchev–Trinajstić information content (AvgIpc) is 3.33. The van der Waals surface area contributed by atoms with Crippen LogP contribution in [0.15, 0.2) is 59.8 Å². The summed E-state index contributed by atoms with van der Waals surface area (Å²) in [4.78, 5) is 7.04. The maximum absolute atomic E-state index is 14.6. The zero-order chi connectivity index (χ0) is 20.6. The highest BCUT2D eigenvalue weighted by atomic mass is 32.2. The van der Waals surface area contributed by atoms with E-state index < -0.39 is 0 Å². The molecule has 0 bridgehead atoms. The molecular weight excluding hydrogens is 419 g/mol. The Hall–Kier alpha value is -2.16. The zero-order valence-electron chi connectivity index (χ0n) is 16.7. The summed E-state index contributed by atoms with van der Waals surface area (Å²) in [7, 11) is 0. The molecule has 158 valence electrons. The Morgan fingerprint density at radius 1 is 1.07 bits per heavy atom. The molecule has 0 radical (unpaired) electrons. The van der Waals surface area contributed by atoms with Crippen LogP contribution < -0.4 is 9.46 Å². The van der Waals surface area contributed by atoms with Gasteiger partial charge in [-0.05, 0) is 50.0 Å². The number of hydrogen-bond donors (Lipinski definition) is 1. The molecule has 2 aliphatic heterocycles. The van der Waals surface area contributed by atoms with E-state index in [-0.39, 0.29) is 11.9 Å². The fourth-order valence-corrected chi connectivity index (χ4v) is 4.90. The van der Waals surface area contributed by atoms with Crippen LogP contribution >= 0.6 is 23.5 Å². The first-order valence-corrected chi connectivity index (χ1v) is 11.8. The smallest absolute Gasteiger partial charge is 0.212 e. The second-order valence-electron chi connectivity index (χ2n) is 7.18. The molecule has 0 amide bonds. The van der Waals surface area contributed by atoms with E-state index in [0.29, 0.717) is 16.6 Å². The quantitative estimate of drug-likeness (QED) is 0.514. The van der Waals surface area contributed by atoms with Gasteiger partial charge in [0.15, 0.2) is 0 Å². The first-order chi connectivity index (χ1) is 14.8. The van der Waals surface area contributed by atoms with Crippen molar-refractivity contribution in [3.05, 3.63) is 66.2 Å². The zero-order valence-corrected chi connectivity index (χ0v) is 18.3. The summed E-state index contributed by atoms with van der Waals surface area (Å²) in [6, 6.07) is 15.7. The molecular formula is C22H25FN4OS2. The Morgan fingerprint density at radius 2 is 1.80 bits per heavy atom. The first kappa shape index (κ1) is 21.1. The monoisotopic (exact) mass is 444 g/mol. The van der Waals surface area contributed by atoms with Crippen molar-refractivity contribution in [2.75, 3.05) is 24.4 Å². The van der Waals surface area contributed by atoms with E-state index in [1.54, 1.807) is 12.1 Å². The third kappa shape index (κ3) is 5.50. The van der Waals surface area contributed by atoms with E-state index in [9.17, 15) is 4.39 Å². The van der Waals surface area contributed by atoms with Crippen LogP contribution in [0.2, 0.25) is 0 Å². The summed E-state index contributed by atoms with van der Waals surface area (Å²) in [5.41, 5.74) is 0.987. The number of rotatable bonds is 4. The minimum Gasteiger partial charge on any atom is -0.493 e. The molecule has 8 heteroatoms. The number of anilines is 1. The number of piperidine rings is 1. The number of likely N-dealkylation sites (tertiary alicyclic amines) is 1. The molecule has 0 saturated carbocycles. The fraction of sp³-hybridized carbons (Fsp3) is 0.364. The van der Waals surface area contributed by atoms with Gasteiger partial charge >= 0.3 is 0 Å². The Morgan fingerprint density at radius 3 is 2.47 bits per heavy atom. The van der Waals surface area contributed by atoms with E-state index in [0.717, 1.165) is 30.8 Å². The first-order valence-electron chi connectivity index (χ1n) is 10.2. The summed E-state index contributed by atoms with van der Waals surface area (Å²) in [5.74, 6) is 0.586. The Bertz CT molecular complexity index is 878. The second-order valence-corrected chi connectivity index (χ2v) is 8.80. The molecule has 0 spiro atoms. The minimum absolute atomic E-state index is 0.219. The molecule has 3 heterocycles. The van der Waals surface area contributed by atoms with E-state index in [2.05, 4.69) is 19.0 Å². The number of nitrogens with one attached hydrogen (secondary N) is 1. The molecule has 1 saturated heterocycles. The number of halogens is 1. The lowest BCUT2D eigenvalue weighted by molar-refractivity contribution is 0.119. The van der Waals surface area contributed by atoms with Crippen molar-refractivity contribution < 1.29 is 9.13 Å². The molecule has 3 aromatic rings. The normalized spacial score (nSPS) is 18.5. The number of hydrogen-bond acceptors (Lipinski definition) is 7. The average molecular weight is 445 g/mol. The van der Waals surface area contributed by atoms with Crippen LogP contribution in [-0.2, 0) is 0 Å². The third-order valence-corrected chi connectivity index (χ3v) is 6.72. The lowest BCUT2D eigenvalue weighted by Crippen LogP contribution is -2.36. The Balaban J connectivity index is 0.000000313. The van der Waals surface area contributed by atoms with Crippen LogP contribution in [0.25, 0.3) is 0 Å². The highest BCUT2D eigenvalue weighted by Gasteiger charge is 2.29. The van der Waals surface area contributed by atoms with Gasteiger partial charge in [0.25, 0.3) is 0 Å². The van der Waals surface area contributed by atoms with Crippen LogP contribution in [0.1, 0.15) is 37.3 Å². The minimum atomic E-state index is -0.219. The van der Waals surface area contributed by atoms with E-state index >= 15 is 0 Å². The van der Waals surface area contributed by atoms with Gasteiger partial charge in [0.1, 0.15) is 17.9 Å². The van der Waals surface area contributed by atoms with Crippen molar-refractivity contribution in [2.45, 2.75) is 36.6 Å². The summed E-state index contributed by atoms with van der Waals surface area (Å²) < 4.78 is 27.3.